The zero-order valence-corrected chi connectivity index (χ0v) is 11.3. The fraction of sp³-hybridized carbons (Fsp3) is 0.462. The maximum absolute atomic E-state index is 13.6. The highest BCUT2D eigenvalue weighted by Crippen LogP contribution is 2.48. The molecule has 0 aromatic heterocycles. The van der Waals surface area contributed by atoms with Crippen LogP contribution in [0, 0.1) is 28.4 Å². The van der Waals surface area contributed by atoms with Gasteiger partial charge in [-0.25, -0.2) is 8.78 Å². The number of ether oxygens (including phenoxy) is 1. The number of hydrogen-bond donors (Lipinski definition) is 0. The van der Waals surface area contributed by atoms with E-state index in [1.807, 2.05) is 0 Å². The van der Waals surface area contributed by atoms with E-state index in [-0.39, 0.29) is 17.8 Å². The second-order valence-corrected chi connectivity index (χ2v) is 5.21. The number of halogens is 3. The van der Waals surface area contributed by atoms with Crippen molar-refractivity contribution in [2.45, 2.75) is 24.6 Å². The van der Waals surface area contributed by atoms with Crippen molar-refractivity contribution in [3.8, 4) is 11.8 Å². The van der Waals surface area contributed by atoms with Crippen LogP contribution in [0.5, 0.6) is 5.75 Å². The van der Waals surface area contributed by atoms with Crippen molar-refractivity contribution in [1.82, 2.24) is 0 Å². The van der Waals surface area contributed by atoms with E-state index in [9.17, 15) is 8.78 Å². The molecule has 1 aromatic rings. The second-order valence-electron chi connectivity index (χ2n) is 4.65. The average molecular weight is 316 g/mol. The molecule has 5 heteroatoms. The van der Waals surface area contributed by atoms with Crippen molar-refractivity contribution in [3.05, 3.63) is 29.3 Å². The summed E-state index contributed by atoms with van der Waals surface area (Å²) in [5.74, 6) is -1.74. The number of alkyl halides is 1. The molecule has 0 atom stereocenters. The Labute approximate surface area is 113 Å². The lowest BCUT2D eigenvalue weighted by atomic mass is 10.1. The van der Waals surface area contributed by atoms with E-state index in [0.29, 0.717) is 17.3 Å². The summed E-state index contributed by atoms with van der Waals surface area (Å²) in [6, 6.07) is 4.57. The van der Waals surface area contributed by atoms with Gasteiger partial charge in [-0.1, -0.05) is 15.9 Å². The van der Waals surface area contributed by atoms with Crippen molar-refractivity contribution in [3.63, 3.8) is 0 Å². The summed E-state index contributed by atoms with van der Waals surface area (Å²) >= 11 is 3.14. The molecule has 0 heterocycles. The molecule has 96 valence electrons. The molecule has 0 unspecified atom stereocenters. The van der Waals surface area contributed by atoms with Crippen LogP contribution in [-0.2, 0) is 5.33 Å². The Morgan fingerprint density at radius 2 is 1.94 bits per heavy atom. The third-order valence-electron chi connectivity index (χ3n) is 3.15. The van der Waals surface area contributed by atoms with Crippen LogP contribution in [0.3, 0.4) is 0 Å². The molecule has 0 bridgehead atoms. The molecule has 1 aliphatic carbocycles. The van der Waals surface area contributed by atoms with Gasteiger partial charge in [0.25, 0.3) is 0 Å². The molecule has 2 nitrogen and oxygen atoms in total. The Hall–Kier alpha value is -1.15. The van der Waals surface area contributed by atoms with Gasteiger partial charge in [0.05, 0.1) is 12.7 Å². The Morgan fingerprint density at radius 3 is 2.39 bits per heavy atom. The number of benzene rings is 1. The zero-order chi connectivity index (χ0) is 13.2. The predicted molar refractivity (Wildman–Crippen MR) is 66.4 cm³/mol. The van der Waals surface area contributed by atoms with Crippen molar-refractivity contribution in [2.75, 3.05) is 6.61 Å². The summed E-state index contributed by atoms with van der Waals surface area (Å²) in [4.78, 5) is 0. The number of nitriles is 1. The van der Waals surface area contributed by atoms with Crippen molar-refractivity contribution >= 4 is 15.9 Å². The third kappa shape index (κ3) is 2.81. The molecule has 0 N–H and O–H groups in total. The fourth-order valence-corrected chi connectivity index (χ4v) is 2.09. The van der Waals surface area contributed by atoms with Gasteiger partial charge in [0.2, 0.25) is 0 Å². The number of nitrogens with zero attached hydrogens (tertiary/aromatic N) is 1. The maximum atomic E-state index is 13.6. The van der Waals surface area contributed by atoms with Crippen LogP contribution in [0.4, 0.5) is 8.78 Å². The molecule has 2 rings (SSSR count). The first-order chi connectivity index (χ1) is 8.60. The van der Waals surface area contributed by atoms with Crippen LogP contribution in [-0.4, -0.2) is 6.61 Å². The van der Waals surface area contributed by atoms with Gasteiger partial charge >= 0.3 is 0 Å². The molecule has 1 fully saturated rings. The van der Waals surface area contributed by atoms with Gasteiger partial charge in [-0.15, -0.1) is 0 Å². The van der Waals surface area contributed by atoms with Crippen LogP contribution in [0.25, 0.3) is 0 Å². The molecule has 0 saturated heterocycles. The molecule has 0 amide bonds. The number of hydrogen-bond acceptors (Lipinski definition) is 2. The summed E-state index contributed by atoms with van der Waals surface area (Å²) < 4.78 is 32.5. The van der Waals surface area contributed by atoms with Crippen LogP contribution >= 0.6 is 15.9 Å². The van der Waals surface area contributed by atoms with Crippen LogP contribution in [0.1, 0.15) is 24.8 Å². The van der Waals surface area contributed by atoms with Crippen LogP contribution in [0.2, 0.25) is 0 Å². The summed E-state index contributed by atoms with van der Waals surface area (Å²) in [5.41, 5.74) is 0.331. The Kier molecular flexibility index (Phi) is 3.86. The van der Waals surface area contributed by atoms with E-state index in [4.69, 9.17) is 10.00 Å². The van der Waals surface area contributed by atoms with Gasteiger partial charge < -0.3 is 4.74 Å². The molecule has 18 heavy (non-hydrogen) atoms. The Bertz CT molecular complexity index is 471. The minimum atomic E-state index is -0.697. The minimum absolute atomic E-state index is 0.193. The van der Waals surface area contributed by atoms with Gasteiger partial charge in [-0.3, -0.25) is 0 Å². The first-order valence-corrected chi connectivity index (χ1v) is 6.76. The lowest BCUT2D eigenvalue weighted by Gasteiger charge is -2.14. The van der Waals surface area contributed by atoms with Crippen molar-refractivity contribution < 1.29 is 13.5 Å². The summed E-state index contributed by atoms with van der Waals surface area (Å²) in [6.07, 6.45) is 2.13. The van der Waals surface area contributed by atoms with Gasteiger partial charge in [-0.2, -0.15) is 5.26 Å². The molecule has 1 aromatic carbocycles. The zero-order valence-electron chi connectivity index (χ0n) is 9.68. The van der Waals surface area contributed by atoms with Crippen LogP contribution in [0.15, 0.2) is 12.1 Å². The van der Waals surface area contributed by atoms with E-state index in [1.54, 1.807) is 0 Å². The molecule has 0 aliphatic heterocycles. The second kappa shape index (κ2) is 5.23. The largest absolute Gasteiger partial charge is 0.487 e. The van der Waals surface area contributed by atoms with E-state index in [2.05, 4.69) is 22.0 Å². The summed E-state index contributed by atoms with van der Waals surface area (Å²) in [7, 11) is 0. The first kappa shape index (κ1) is 13.3. The smallest absolute Gasteiger partial charge is 0.190 e. The molecular weight excluding hydrogens is 304 g/mol. The predicted octanol–water partition coefficient (Wildman–Crippen LogP) is 3.93. The summed E-state index contributed by atoms with van der Waals surface area (Å²) in [6.45, 7) is 0.196. The molecular formula is C13H12BrF2NO. The first-order valence-electron chi connectivity index (χ1n) is 5.64. The lowest BCUT2D eigenvalue weighted by Crippen LogP contribution is -2.14. The minimum Gasteiger partial charge on any atom is -0.487 e. The molecule has 1 aliphatic rings. The van der Waals surface area contributed by atoms with E-state index in [0.717, 1.165) is 12.8 Å². The SMILES string of the molecule is N#CCC1(COc2c(F)cc(CBr)cc2F)CC1. The monoisotopic (exact) mass is 315 g/mol. The van der Waals surface area contributed by atoms with Gasteiger partial charge in [0.15, 0.2) is 17.4 Å². The lowest BCUT2D eigenvalue weighted by molar-refractivity contribution is 0.218. The highest BCUT2D eigenvalue weighted by molar-refractivity contribution is 9.08. The maximum Gasteiger partial charge on any atom is 0.190 e. The highest BCUT2D eigenvalue weighted by Gasteiger charge is 2.43. The van der Waals surface area contributed by atoms with Gasteiger partial charge in [-0.05, 0) is 30.5 Å². The van der Waals surface area contributed by atoms with Gasteiger partial charge in [0, 0.05) is 17.2 Å². The summed E-state index contributed by atoms with van der Waals surface area (Å²) in [5, 5.41) is 9.05. The molecule has 0 spiro atoms. The van der Waals surface area contributed by atoms with Gasteiger partial charge in [0.1, 0.15) is 0 Å². The molecule has 0 radical (unpaired) electrons. The van der Waals surface area contributed by atoms with E-state index in [1.165, 1.54) is 12.1 Å². The quantitative estimate of drug-likeness (QED) is 0.771. The number of rotatable bonds is 5. The van der Waals surface area contributed by atoms with Crippen molar-refractivity contribution in [2.24, 2.45) is 5.41 Å². The third-order valence-corrected chi connectivity index (χ3v) is 3.79. The topological polar surface area (TPSA) is 33.0 Å². The molecule has 1 saturated carbocycles. The standard InChI is InChI=1S/C13H12BrF2NO/c14-7-9-5-10(15)12(11(16)6-9)18-8-13(1-2-13)3-4-17/h5-6H,1-3,7-8H2. The van der Waals surface area contributed by atoms with E-state index < -0.39 is 11.6 Å². The average Bonchev–Trinajstić information content (AvgIpc) is 3.08. The highest BCUT2D eigenvalue weighted by atomic mass is 79.9. The van der Waals surface area contributed by atoms with E-state index >= 15 is 0 Å². The normalized spacial score (nSPS) is 16.1. The van der Waals surface area contributed by atoms with Crippen molar-refractivity contribution in [1.29, 1.82) is 5.26 Å². The fourth-order valence-electron chi connectivity index (χ4n) is 1.77. The Balaban J connectivity index is 2.08. The Morgan fingerprint density at radius 1 is 1.33 bits per heavy atom. The van der Waals surface area contributed by atoms with Crippen LogP contribution < -0.4 is 4.74 Å².